The summed E-state index contributed by atoms with van der Waals surface area (Å²) in [5.74, 6) is 1.03. The SMILES string of the molecule is CCC(Cl)CCC1CCC1. The Hall–Kier alpha value is 0.290. The minimum Gasteiger partial charge on any atom is -0.123 e. The maximum atomic E-state index is 5.99. The van der Waals surface area contributed by atoms with Gasteiger partial charge >= 0.3 is 0 Å². The minimum atomic E-state index is 0.445. The smallest absolute Gasteiger partial charge is 0.0333 e. The number of alkyl halides is 1. The Kier molecular flexibility index (Phi) is 3.55. The molecule has 0 spiro atoms. The molecule has 1 rings (SSSR count). The average Bonchev–Trinajstić information content (AvgIpc) is 1.84. The van der Waals surface area contributed by atoms with Gasteiger partial charge in [0.2, 0.25) is 0 Å². The van der Waals surface area contributed by atoms with Crippen molar-refractivity contribution in [3.63, 3.8) is 0 Å². The van der Waals surface area contributed by atoms with Gasteiger partial charge in [0.15, 0.2) is 0 Å². The molecule has 1 unspecified atom stereocenters. The molecule has 0 heterocycles. The second-order valence-corrected chi connectivity index (χ2v) is 4.00. The first-order chi connectivity index (χ1) is 4.83. The Bertz CT molecular complexity index is 82.0. The van der Waals surface area contributed by atoms with Crippen molar-refractivity contribution in [3.05, 3.63) is 0 Å². The van der Waals surface area contributed by atoms with Crippen LogP contribution in [0.15, 0.2) is 0 Å². The van der Waals surface area contributed by atoms with Gasteiger partial charge in [-0.25, -0.2) is 0 Å². The number of halogens is 1. The average molecular weight is 161 g/mol. The van der Waals surface area contributed by atoms with Gasteiger partial charge in [-0.15, -0.1) is 11.6 Å². The van der Waals surface area contributed by atoms with E-state index in [1.165, 1.54) is 32.1 Å². The summed E-state index contributed by atoms with van der Waals surface area (Å²) in [4.78, 5) is 0. The first-order valence-electron chi connectivity index (χ1n) is 4.47. The predicted octanol–water partition coefficient (Wildman–Crippen LogP) is 3.58. The summed E-state index contributed by atoms with van der Waals surface area (Å²) in [5.41, 5.74) is 0. The van der Waals surface area contributed by atoms with Gasteiger partial charge in [-0.05, 0) is 25.2 Å². The number of hydrogen-bond donors (Lipinski definition) is 0. The lowest BCUT2D eigenvalue weighted by Crippen LogP contribution is -2.12. The van der Waals surface area contributed by atoms with Gasteiger partial charge in [0.05, 0.1) is 0 Å². The van der Waals surface area contributed by atoms with E-state index < -0.39 is 0 Å². The van der Waals surface area contributed by atoms with Crippen molar-refractivity contribution in [2.24, 2.45) is 5.92 Å². The maximum absolute atomic E-state index is 5.99. The molecule has 1 aliphatic rings. The molecule has 0 saturated heterocycles. The Balaban J connectivity index is 1.93. The van der Waals surface area contributed by atoms with Crippen molar-refractivity contribution in [2.45, 2.75) is 50.8 Å². The zero-order valence-electron chi connectivity index (χ0n) is 6.78. The van der Waals surface area contributed by atoms with Crippen LogP contribution in [0.2, 0.25) is 0 Å². The van der Waals surface area contributed by atoms with E-state index in [2.05, 4.69) is 6.92 Å². The van der Waals surface area contributed by atoms with E-state index in [1.807, 2.05) is 0 Å². The summed E-state index contributed by atoms with van der Waals surface area (Å²) in [7, 11) is 0. The molecule has 1 aliphatic carbocycles. The maximum Gasteiger partial charge on any atom is 0.0333 e. The molecule has 0 aromatic rings. The van der Waals surface area contributed by atoms with Gasteiger partial charge in [-0.1, -0.05) is 26.2 Å². The van der Waals surface area contributed by atoms with Crippen molar-refractivity contribution in [3.8, 4) is 0 Å². The molecule has 1 atom stereocenters. The van der Waals surface area contributed by atoms with Gasteiger partial charge in [0.1, 0.15) is 0 Å². The van der Waals surface area contributed by atoms with Crippen molar-refractivity contribution >= 4 is 11.6 Å². The second kappa shape index (κ2) is 4.23. The molecule has 1 heteroatoms. The number of hydrogen-bond acceptors (Lipinski definition) is 0. The van der Waals surface area contributed by atoms with Gasteiger partial charge in [0, 0.05) is 5.38 Å². The van der Waals surface area contributed by atoms with Gasteiger partial charge in [0.25, 0.3) is 0 Å². The van der Waals surface area contributed by atoms with Crippen LogP contribution >= 0.6 is 11.6 Å². The largest absolute Gasteiger partial charge is 0.123 e. The first kappa shape index (κ1) is 8.39. The molecule has 0 aliphatic heterocycles. The molecule has 0 nitrogen and oxygen atoms in total. The van der Waals surface area contributed by atoms with E-state index in [0.29, 0.717) is 5.38 Å². The summed E-state index contributed by atoms with van der Waals surface area (Å²) < 4.78 is 0. The quantitative estimate of drug-likeness (QED) is 0.552. The molecule has 60 valence electrons. The summed E-state index contributed by atoms with van der Waals surface area (Å²) in [6.45, 7) is 2.17. The van der Waals surface area contributed by atoms with Crippen LogP contribution in [0.3, 0.4) is 0 Å². The molecule has 0 aromatic heterocycles. The van der Waals surface area contributed by atoms with Crippen LogP contribution in [-0.2, 0) is 0 Å². The highest BCUT2D eigenvalue weighted by Gasteiger charge is 2.17. The Morgan fingerprint density at radius 3 is 2.60 bits per heavy atom. The fraction of sp³-hybridized carbons (Fsp3) is 1.00. The molecule has 0 bridgehead atoms. The van der Waals surface area contributed by atoms with E-state index >= 15 is 0 Å². The fourth-order valence-electron chi connectivity index (χ4n) is 1.40. The third-order valence-electron chi connectivity index (χ3n) is 2.56. The van der Waals surface area contributed by atoms with Gasteiger partial charge in [-0.2, -0.15) is 0 Å². The lowest BCUT2D eigenvalue weighted by atomic mass is 9.82. The summed E-state index contributed by atoms with van der Waals surface area (Å²) >= 11 is 5.99. The third-order valence-corrected chi connectivity index (χ3v) is 3.08. The molecular weight excluding hydrogens is 144 g/mol. The molecule has 1 saturated carbocycles. The Labute approximate surface area is 69.0 Å². The van der Waals surface area contributed by atoms with Gasteiger partial charge < -0.3 is 0 Å². The highest BCUT2D eigenvalue weighted by Crippen LogP contribution is 2.31. The van der Waals surface area contributed by atoms with Crippen molar-refractivity contribution in [1.29, 1.82) is 0 Å². The molecule has 10 heavy (non-hydrogen) atoms. The zero-order valence-corrected chi connectivity index (χ0v) is 7.53. The lowest BCUT2D eigenvalue weighted by Gasteiger charge is -2.25. The molecule has 0 N–H and O–H groups in total. The van der Waals surface area contributed by atoms with Crippen LogP contribution in [0.1, 0.15) is 45.4 Å². The molecular formula is C9H17Cl. The summed E-state index contributed by atoms with van der Waals surface area (Å²) in [6, 6.07) is 0. The highest BCUT2D eigenvalue weighted by atomic mass is 35.5. The fourth-order valence-corrected chi connectivity index (χ4v) is 1.53. The molecule has 0 aromatic carbocycles. The first-order valence-corrected chi connectivity index (χ1v) is 4.90. The zero-order chi connectivity index (χ0) is 7.40. The van der Waals surface area contributed by atoms with Crippen LogP contribution in [0.4, 0.5) is 0 Å². The van der Waals surface area contributed by atoms with Crippen molar-refractivity contribution in [2.75, 3.05) is 0 Å². The van der Waals surface area contributed by atoms with E-state index in [1.54, 1.807) is 0 Å². The van der Waals surface area contributed by atoms with Crippen LogP contribution in [0.25, 0.3) is 0 Å². The summed E-state index contributed by atoms with van der Waals surface area (Å²) in [5, 5.41) is 0.445. The molecule has 1 fully saturated rings. The second-order valence-electron chi connectivity index (χ2n) is 3.38. The van der Waals surface area contributed by atoms with Crippen LogP contribution < -0.4 is 0 Å². The Morgan fingerprint density at radius 1 is 1.50 bits per heavy atom. The third kappa shape index (κ3) is 2.49. The van der Waals surface area contributed by atoms with E-state index in [-0.39, 0.29) is 0 Å². The lowest BCUT2D eigenvalue weighted by molar-refractivity contribution is 0.288. The van der Waals surface area contributed by atoms with E-state index in [4.69, 9.17) is 11.6 Å². The van der Waals surface area contributed by atoms with E-state index in [9.17, 15) is 0 Å². The van der Waals surface area contributed by atoms with Crippen LogP contribution in [-0.4, -0.2) is 5.38 Å². The van der Waals surface area contributed by atoms with Crippen molar-refractivity contribution < 1.29 is 0 Å². The normalized spacial score (nSPS) is 22.2. The monoisotopic (exact) mass is 160 g/mol. The Morgan fingerprint density at radius 2 is 2.20 bits per heavy atom. The summed E-state index contributed by atoms with van der Waals surface area (Å²) in [6.07, 6.45) is 8.14. The molecule has 0 amide bonds. The minimum absolute atomic E-state index is 0.445. The van der Waals surface area contributed by atoms with Gasteiger partial charge in [-0.3, -0.25) is 0 Å². The topological polar surface area (TPSA) is 0 Å². The van der Waals surface area contributed by atoms with E-state index in [0.717, 1.165) is 12.3 Å². The van der Waals surface area contributed by atoms with Crippen molar-refractivity contribution in [1.82, 2.24) is 0 Å². The molecule has 0 radical (unpaired) electrons. The number of rotatable bonds is 4. The highest BCUT2D eigenvalue weighted by molar-refractivity contribution is 6.20. The standard InChI is InChI=1S/C9H17Cl/c1-2-9(10)7-6-8-4-3-5-8/h8-9H,2-7H2,1H3. The van der Waals surface area contributed by atoms with Crippen LogP contribution in [0, 0.1) is 5.92 Å². The van der Waals surface area contributed by atoms with Crippen LogP contribution in [0.5, 0.6) is 0 Å². The predicted molar refractivity (Wildman–Crippen MR) is 46.5 cm³/mol.